The highest BCUT2D eigenvalue weighted by Crippen LogP contribution is 2.55. The van der Waals surface area contributed by atoms with Crippen LogP contribution in [0.1, 0.15) is 22.3 Å². The minimum Gasteiger partial charge on any atom is -0.328 e. The van der Waals surface area contributed by atoms with E-state index in [2.05, 4.69) is 15.3 Å². The number of aromatic nitrogens is 2. The first kappa shape index (κ1) is 17.7. The highest BCUT2D eigenvalue weighted by atomic mass is 35.5. The van der Waals surface area contributed by atoms with E-state index in [1.165, 1.54) is 12.1 Å². The third-order valence-corrected chi connectivity index (χ3v) is 5.06. The van der Waals surface area contributed by atoms with Crippen LogP contribution in [0.5, 0.6) is 0 Å². The number of hydrogen-bond acceptors (Lipinski definition) is 4. The number of amides is 2. The maximum atomic E-state index is 14.5. The van der Waals surface area contributed by atoms with E-state index in [-0.39, 0.29) is 35.1 Å². The molecule has 4 rings (SSSR count). The lowest BCUT2D eigenvalue weighted by atomic mass is 9.85. The summed E-state index contributed by atoms with van der Waals surface area (Å²) < 4.78 is 41.5. The number of halogens is 4. The molecule has 0 saturated heterocycles. The summed E-state index contributed by atoms with van der Waals surface area (Å²) in [6.45, 7) is -0.549. The summed E-state index contributed by atoms with van der Waals surface area (Å²) in [6, 6.07) is 2.57. The predicted molar refractivity (Wildman–Crippen MR) is 89.1 cm³/mol. The van der Waals surface area contributed by atoms with Crippen LogP contribution in [0.15, 0.2) is 24.5 Å². The van der Waals surface area contributed by atoms with Crippen molar-refractivity contribution >= 4 is 29.4 Å². The van der Waals surface area contributed by atoms with Gasteiger partial charge in [0.05, 0.1) is 22.8 Å². The van der Waals surface area contributed by atoms with Gasteiger partial charge in [-0.1, -0.05) is 11.6 Å². The van der Waals surface area contributed by atoms with Crippen molar-refractivity contribution in [3.63, 3.8) is 0 Å². The van der Waals surface area contributed by atoms with Gasteiger partial charge in [-0.05, 0) is 18.6 Å². The standard InChI is InChI=1S/C17H12ClF3N4O2/c18-10-2-1-9-13(14(10)21)17(3-11(17)20)7-25(15(9)27)6-12(26)24-16-22-4-8(19)5-23-16/h1-2,4-5,11H,3,6-7H2,(H,22,23,24,26)/t11?,17-/m1/s1. The zero-order chi connectivity index (χ0) is 19.3. The van der Waals surface area contributed by atoms with Crippen LogP contribution < -0.4 is 5.32 Å². The summed E-state index contributed by atoms with van der Waals surface area (Å²) in [7, 11) is 0. The lowest BCUT2D eigenvalue weighted by Crippen LogP contribution is -2.48. The van der Waals surface area contributed by atoms with Gasteiger partial charge in [-0.15, -0.1) is 0 Å². The van der Waals surface area contributed by atoms with Crippen LogP contribution in [0.2, 0.25) is 5.02 Å². The number of fused-ring (bicyclic) bond motifs is 2. The zero-order valence-corrected chi connectivity index (χ0v) is 14.4. The maximum Gasteiger partial charge on any atom is 0.254 e. The Balaban J connectivity index is 1.58. The monoisotopic (exact) mass is 396 g/mol. The lowest BCUT2D eigenvalue weighted by molar-refractivity contribution is -0.117. The molecule has 1 fully saturated rings. The predicted octanol–water partition coefficient (Wildman–Crippen LogP) is 2.48. The molecule has 1 N–H and O–H groups in total. The minimum atomic E-state index is -1.33. The number of hydrogen-bond donors (Lipinski definition) is 1. The molecule has 1 spiro atoms. The number of benzene rings is 1. The molecular weight excluding hydrogens is 385 g/mol. The third kappa shape index (κ3) is 2.91. The van der Waals surface area contributed by atoms with Crippen molar-refractivity contribution in [3.8, 4) is 0 Å². The number of nitrogens with one attached hydrogen (secondary N) is 1. The molecule has 1 aromatic heterocycles. The molecule has 1 saturated carbocycles. The van der Waals surface area contributed by atoms with E-state index in [0.29, 0.717) is 0 Å². The van der Waals surface area contributed by atoms with E-state index in [1.807, 2.05) is 0 Å². The molecule has 1 unspecified atom stereocenters. The molecule has 2 aromatic rings. The van der Waals surface area contributed by atoms with Crippen LogP contribution in [0.25, 0.3) is 0 Å². The second kappa shape index (κ2) is 6.19. The van der Waals surface area contributed by atoms with Crippen molar-refractivity contribution in [3.05, 3.63) is 52.3 Å². The zero-order valence-electron chi connectivity index (χ0n) is 13.7. The number of rotatable bonds is 3. The molecule has 2 amide bonds. The van der Waals surface area contributed by atoms with Gasteiger partial charge >= 0.3 is 0 Å². The van der Waals surface area contributed by atoms with Crippen LogP contribution in [0.3, 0.4) is 0 Å². The molecule has 1 aliphatic heterocycles. The van der Waals surface area contributed by atoms with Crippen LogP contribution in [-0.2, 0) is 10.2 Å². The summed E-state index contributed by atoms with van der Waals surface area (Å²) in [5.74, 6) is -2.83. The van der Waals surface area contributed by atoms with E-state index >= 15 is 0 Å². The fraction of sp³-hybridized carbons (Fsp3) is 0.294. The summed E-state index contributed by atoms with van der Waals surface area (Å²) in [5.41, 5.74) is -1.22. The van der Waals surface area contributed by atoms with Gasteiger partial charge in [0, 0.05) is 17.7 Å². The summed E-state index contributed by atoms with van der Waals surface area (Å²) in [6.07, 6.45) is 0.474. The quantitative estimate of drug-likeness (QED) is 0.865. The van der Waals surface area contributed by atoms with E-state index in [4.69, 9.17) is 11.6 Å². The summed E-state index contributed by atoms with van der Waals surface area (Å²) in [4.78, 5) is 33.2. The fourth-order valence-electron chi connectivity index (χ4n) is 3.40. The van der Waals surface area contributed by atoms with Gasteiger partial charge < -0.3 is 4.90 Å². The Morgan fingerprint density at radius 1 is 1.33 bits per heavy atom. The molecule has 2 atom stereocenters. The molecular formula is C17H12ClF3N4O2. The Morgan fingerprint density at radius 3 is 2.63 bits per heavy atom. The van der Waals surface area contributed by atoms with E-state index in [0.717, 1.165) is 17.3 Å². The highest BCUT2D eigenvalue weighted by molar-refractivity contribution is 6.31. The van der Waals surface area contributed by atoms with Gasteiger partial charge in [-0.25, -0.2) is 23.1 Å². The SMILES string of the molecule is O=C(CN1C[C@@]2(CC2F)c2c(ccc(Cl)c2F)C1=O)Nc1ncc(F)cn1. The van der Waals surface area contributed by atoms with E-state index < -0.39 is 41.6 Å². The summed E-state index contributed by atoms with van der Waals surface area (Å²) in [5, 5.41) is 2.15. The van der Waals surface area contributed by atoms with Gasteiger partial charge in [-0.3, -0.25) is 14.9 Å². The molecule has 10 heteroatoms. The second-order valence-electron chi connectivity index (χ2n) is 6.55. The van der Waals surface area contributed by atoms with Gasteiger partial charge in [0.25, 0.3) is 5.91 Å². The van der Waals surface area contributed by atoms with Crippen LogP contribution in [0, 0.1) is 11.6 Å². The van der Waals surface area contributed by atoms with Gasteiger partial charge in [0.15, 0.2) is 5.82 Å². The Morgan fingerprint density at radius 2 is 2.00 bits per heavy atom. The minimum absolute atomic E-state index is 0.00543. The molecule has 1 aromatic carbocycles. The topological polar surface area (TPSA) is 75.2 Å². The molecule has 2 heterocycles. The Hall–Kier alpha value is -2.68. The molecule has 6 nitrogen and oxygen atoms in total. The molecule has 0 bridgehead atoms. The van der Waals surface area contributed by atoms with Crippen LogP contribution in [0.4, 0.5) is 19.1 Å². The molecule has 140 valence electrons. The first-order valence-corrected chi connectivity index (χ1v) is 8.39. The van der Waals surface area contributed by atoms with Crippen molar-refractivity contribution < 1.29 is 22.8 Å². The summed E-state index contributed by atoms with van der Waals surface area (Å²) >= 11 is 5.79. The van der Waals surface area contributed by atoms with Gasteiger partial charge in [0.1, 0.15) is 18.5 Å². The number of nitrogens with zero attached hydrogens (tertiary/aromatic N) is 3. The first-order valence-electron chi connectivity index (χ1n) is 8.01. The molecule has 1 aliphatic carbocycles. The van der Waals surface area contributed by atoms with Crippen molar-refractivity contribution in [1.29, 1.82) is 0 Å². The first-order chi connectivity index (χ1) is 12.8. The third-order valence-electron chi connectivity index (χ3n) is 4.77. The Bertz CT molecular complexity index is 956. The number of alkyl halides is 1. The van der Waals surface area contributed by atoms with Gasteiger partial charge in [0.2, 0.25) is 11.9 Å². The maximum absolute atomic E-state index is 14.5. The van der Waals surface area contributed by atoms with Crippen molar-refractivity contribution in [2.45, 2.75) is 18.0 Å². The Kier molecular flexibility index (Phi) is 4.06. The number of anilines is 1. The van der Waals surface area contributed by atoms with E-state index in [9.17, 15) is 22.8 Å². The number of carbonyl (C=O) groups excluding carboxylic acids is 2. The van der Waals surface area contributed by atoms with Crippen LogP contribution >= 0.6 is 11.6 Å². The Labute approximate surface area is 156 Å². The smallest absolute Gasteiger partial charge is 0.254 e. The van der Waals surface area contributed by atoms with Crippen molar-refractivity contribution in [2.24, 2.45) is 0 Å². The largest absolute Gasteiger partial charge is 0.328 e. The normalized spacial score (nSPS) is 23.3. The number of carbonyl (C=O) groups is 2. The molecule has 0 radical (unpaired) electrons. The molecule has 2 aliphatic rings. The molecule has 27 heavy (non-hydrogen) atoms. The average molecular weight is 397 g/mol. The van der Waals surface area contributed by atoms with Crippen molar-refractivity contribution in [1.82, 2.24) is 14.9 Å². The fourth-order valence-corrected chi connectivity index (χ4v) is 3.56. The van der Waals surface area contributed by atoms with Crippen molar-refractivity contribution in [2.75, 3.05) is 18.4 Å². The van der Waals surface area contributed by atoms with E-state index in [1.54, 1.807) is 0 Å². The lowest BCUT2D eigenvalue weighted by Gasteiger charge is -2.34. The average Bonchev–Trinajstić information content (AvgIpc) is 3.26. The second-order valence-corrected chi connectivity index (χ2v) is 6.95. The van der Waals surface area contributed by atoms with Crippen LogP contribution in [-0.4, -0.2) is 45.9 Å². The van der Waals surface area contributed by atoms with Gasteiger partial charge in [-0.2, -0.15) is 0 Å². The highest BCUT2D eigenvalue weighted by Gasteiger charge is 2.62.